The number of carbonyl (C=O) groups is 1. The molecular weight excluding hydrogens is 262 g/mol. The molecule has 2 saturated carbocycles. The fourth-order valence-electron chi connectivity index (χ4n) is 5.23. The van der Waals surface area contributed by atoms with Crippen molar-refractivity contribution in [3.63, 3.8) is 0 Å². The van der Waals surface area contributed by atoms with E-state index in [1.54, 1.807) is 0 Å². The average molecular weight is 293 g/mol. The summed E-state index contributed by atoms with van der Waals surface area (Å²) >= 11 is 0. The third kappa shape index (κ3) is 2.85. The predicted molar refractivity (Wildman–Crippen MR) is 84.9 cm³/mol. The second kappa shape index (κ2) is 5.88. The van der Waals surface area contributed by atoms with E-state index in [9.17, 15) is 4.79 Å². The molecule has 0 aromatic heterocycles. The Hall–Kier alpha value is -0.610. The van der Waals surface area contributed by atoms with Crippen LogP contribution in [0.1, 0.15) is 65.2 Å². The first-order valence-electron chi connectivity index (χ1n) is 8.85. The van der Waals surface area contributed by atoms with Crippen LogP contribution in [0.2, 0.25) is 0 Å². The topological polar surface area (TPSA) is 58.4 Å². The van der Waals surface area contributed by atoms with Crippen LogP contribution in [0.15, 0.2) is 0 Å². The Kier molecular flexibility index (Phi) is 4.28. The number of hydrogen-bond acceptors (Lipinski definition) is 3. The zero-order chi connectivity index (χ0) is 15.0. The summed E-state index contributed by atoms with van der Waals surface area (Å²) in [5.41, 5.74) is 5.29. The number of primary amides is 1. The van der Waals surface area contributed by atoms with E-state index in [0.717, 1.165) is 31.2 Å². The lowest BCUT2D eigenvalue weighted by Crippen LogP contribution is -2.57. The number of nitrogens with two attached hydrogens (primary N) is 1. The lowest BCUT2D eigenvalue weighted by Gasteiger charge is -2.42. The average Bonchev–Trinajstić information content (AvgIpc) is 3.04. The van der Waals surface area contributed by atoms with Crippen molar-refractivity contribution in [1.82, 2.24) is 10.2 Å². The molecule has 1 saturated heterocycles. The van der Waals surface area contributed by atoms with Gasteiger partial charge < -0.3 is 11.1 Å². The van der Waals surface area contributed by atoms with Gasteiger partial charge in [-0.05, 0) is 71.3 Å². The number of piperidine rings is 1. The molecule has 1 heterocycles. The van der Waals surface area contributed by atoms with Gasteiger partial charge >= 0.3 is 0 Å². The summed E-state index contributed by atoms with van der Waals surface area (Å²) in [5, 5.41) is 3.48. The van der Waals surface area contributed by atoms with Gasteiger partial charge in [-0.25, -0.2) is 0 Å². The third-order valence-corrected chi connectivity index (χ3v) is 6.03. The number of fused-ring (bicyclic) bond motifs is 1. The van der Waals surface area contributed by atoms with E-state index in [1.807, 2.05) is 0 Å². The quantitative estimate of drug-likeness (QED) is 0.834. The molecular formula is C17H31N3O. The molecule has 3 rings (SSSR count). The van der Waals surface area contributed by atoms with Crippen LogP contribution in [0, 0.1) is 5.92 Å². The van der Waals surface area contributed by atoms with Crippen LogP contribution in [0.3, 0.4) is 0 Å². The summed E-state index contributed by atoms with van der Waals surface area (Å²) in [6.45, 7) is 5.43. The molecule has 0 aromatic carbocycles. The van der Waals surface area contributed by atoms with E-state index in [4.69, 9.17) is 5.73 Å². The minimum atomic E-state index is -0.468. The lowest BCUT2D eigenvalue weighted by molar-refractivity contribution is -0.124. The largest absolute Gasteiger partial charge is 0.368 e. The molecule has 1 aliphatic heterocycles. The monoisotopic (exact) mass is 293 g/mol. The predicted octanol–water partition coefficient (Wildman–Crippen LogP) is 2.03. The van der Waals surface area contributed by atoms with Crippen LogP contribution in [0.25, 0.3) is 0 Å². The maximum Gasteiger partial charge on any atom is 0.237 e. The van der Waals surface area contributed by atoms with E-state index in [2.05, 4.69) is 24.1 Å². The van der Waals surface area contributed by atoms with E-state index in [1.165, 1.54) is 38.6 Å². The summed E-state index contributed by atoms with van der Waals surface area (Å²) in [6, 6.07) is 1.64. The molecule has 0 spiro atoms. The fraction of sp³-hybridized carbons (Fsp3) is 0.941. The van der Waals surface area contributed by atoms with Gasteiger partial charge in [0.15, 0.2) is 0 Å². The van der Waals surface area contributed by atoms with Crippen molar-refractivity contribution in [2.24, 2.45) is 11.7 Å². The highest BCUT2D eigenvalue weighted by atomic mass is 16.1. The molecule has 3 fully saturated rings. The minimum absolute atomic E-state index is 0.154. The van der Waals surface area contributed by atoms with Gasteiger partial charge in [0, 0.05) is 18.1 Å². The number of hydrogen-bond donors (Lipinski definition) is 2. The van der Waals surface area contributed by atoms with Gasteiger partial charge in [0.25, 0.3) is 0 Å². The molecule has 0 aromatic rings. The summed E-state index contributed by atoms with van der Waals surface area (Å²) in [4.78, 5) is 14.8. The molecule has 0 bridgehead atoms. The highest BCUT2D eigenvalue weighted by Crippen LogP contribution is 2.42. The zero-order valence-electron chi connectivity index (χ0n) is 13.6. The number of nitrogens with one attached hydrogen (secondary N) is 1. The first-order chi connectivity index (χ1) is 10.0. The molecule has 120 valence electrons. The number of likely N-dealkylation sites (tertiary alicyclic amines) is 1. The smallest absolute Gasteiger partial charge is 0.237 e. The number of nitrogens with zero attached hydrogens (tertiary/aromatic N) is 1. The Labute approximate surface area is 128 Å². The van der Waals surface area contributed by atoms with Crippen LogP contribution >= 0.6 is 0 Å². The number of carbonyl (C=O) groups excluding carboxylic acids is 1. The van der Waals surface area contributed by atoms with Crippen molar-refractivity contribution in [2.45, 2.75) is 88.9 Å². The summed E-state index contributed by atoms with van der Waals surface area (Å²) < 4.78 is 0. The van der Waals surface area contributed by atoms with Gasteiger partial charge in [-0.1, -0.05) is 6.42 Å². The highest BCUT2D eigenvalue weighted by Gasteiger charge is 2.48. The number of amides is 1. The minimum Gasteiger partial charge on any atom is -0.368 e. The second-order valence-electron chi connectivity index (χ2n) is 7.78. The van der Waals surface area contributed by atoms with Gasteiger partial charge in [0.1, 0.15) is 0 Å². The molecule has 4 heteroatoms. The lowest BCUT2D eigenvalue weighted by atomic mass is 9.89. The molecule has 2 aliphatic carbocycles. The highest BCUT2D eigenvalue weighted by molar-refractivity contribution is 5.85. The Morgan fingerprint density at radius 1 is 1.24 bits per heavy atom. The zero-order valence-corrected chi connectivity index (χ0v) is 13.6. The van der Waals surface area contributed by atoms with Crippen LogP contribution in [-0.4, -0.2) is 41.0 Å². The van der Waals surface area contributed by atoms with Gasteiger partial charge in [-0.2, -0.15) is 0 Å². The Morgan fingerprint density at radius 3 is 2.71 bits per heavy atom. The molecule has 4 unspecified atom stereocenters. The van der Waals surface area contributed by atoms with E-state index < -0.39 is 5.54 Å². The molecule has 4 atom stereocenters. The van der Waals surface area contributed by atoms with Crippen LogP contribution in [-0.2, 0) is 4.79 Å². The third-order valence-electron chi connectivity index (χ3n) is 6.03. The maximum atomic E-state index is 12.1. The van der Waals surface area contributed by atoms with Gasteiger partial charge in [-0.15, -0.1) is 0 Å². The molecule has 3 N–H and O–H groups in total. The van der Waals surface area contributed by atoms with Crippen molar-refractivity contribution < 1.29 is 4.79 Å². The fourth-order valence-corrected chi connectivity index (χ4v) is 5.23. The molecule has 0 radical (unpaired) electrons. The van der Waals surface area contributed by atoms with Crippen molar-refractivity contribution in [2.75, 3.05) is 6.54 Å². The first-order valence-corrected chi connectivity index (χ1v) is 8.85. The standard InChI is InChI=1S/C17H31N3O/c1-12(2)19-17(16(18)21)9-8-14(11-17)20-10-4-6-13-5-3-7-15(13)20/h12-15,19H,3-11H2,1-2H3,(H2,18,21). The van der Waals surface area contributed by atoms with Crippen molar-refractivity contribution in [3.8, 4) is 0 Å². The maximum absolute atomic E-state index is 12.1. The van der Waals surface area contributed by atoms with Crippen LogP contribution in [0.4, 0.5) is 0 Å². The van der Waals surface area contributed by atoms with Crippen molar-refractivity contribution in [1.29, 1.82) is 0 Å². The Balaban J connectivity index is 1.71. The van der Waals surface area contributed by atoms with E-state index in [-0.39, 0.29) is 5.91 Å². The molecule has 1 amide bonds. The summed E-state index contributed by atoms with van der Waals surface area (Å²) in [5.74, 6) is 0.763. The van der Waals surface area contributed by atoms with Crippen LogP contribution in [0.5, 0.6) is 0 Å². The summed E-state index contributed by atoms with van der Waals surface area (Å²) in [7, 11) is 0. The molecule has 4 nitrogen and oxygen atoms in total. The molecule has 21 heavy (non-hydrogen) atoms. The van der Waals surface area contributed by atoms with Crippen molar-refractivity contribution >= 4 is 5.91 Å². The Morgan fingerprint density at radius 2 is 2.00 bits per heavy atom. The van der Waals surface area contributed by atoms with E-state index >= 15 is 0 Å². The Bertz CT molecular complexity index is 397. The second-order valence-corrected chi connectivity index (χ2v) is 7.78. The number of rotatable bonds is 4. The van der Waals surface area contributed by atoms with Crippen LogP contribution < -0.4 is 11.1 Å². The van der Waals surface area contributed by atoms with Gasteiger partial charge in [0.2, 0.25) is 5.91 Å². The van der Waals surface area contributed by atoms with Gasteiger partial charge in [0.05, 0.1) is 5.54 Å². The SMILES string of the molecule is CC(C)NC1(C(N)=O)CCC(N2CCCC3CCCC32)C1. The van der Waals surface area contributed by atoms with Gasteiger partial charge in [-0.3, -0.25) is 9.69 Å². The molecule has 3 aliphatic rings. The van der Waals surface area contributed by atoms with Crippen molar-refractivity contribution in [3.05, 3.63) is 0 Å². The van der Waals surface area contributed by atoms with E-state index in [0.29, 0.717) is 12.1 Å². The summed E-state index contributed by atoms with van der Waals surface area (Å²) in [6.07, 6.45) is 9.85. The first kappa shape index (κ1) is 15.3. The normalized spacial score (nSPS) is 40.6.